The summed E-state index contributed by atoms with van der Waals surface area (Å²) in [7, 11) is 0. The molecule has 0 aliphatic rings. The van der Waals surface area contributed by atoms with Crippen LogP contribution in [0.3, 0.4) is 0 Å². The molecular formula is C10H11Cl3. The molecule has 0 radical (unpaired) electrons. The van der Waals surface area contributed by atoms with Crippen LogP contribution in [0.2, 0.25) is 10.0 Å². The molecule has 0 fully saturated rings. The molecule has 0 aliphatic heterocycles. The molecule has 0 aliphatic carbocycles. The molecule has 0 N–H and O–H groups in total. The summed E-state index contributed by atoms with van der Waals surface area (Å²) < 4.78 is 0. The minimum Gasteiger partial charge on any atom is -0.123 e. The normalized spacial score (nSPS) is 12.9. The Bertz CT molecular complexity index is 283. The standard InChI is InChI=1S/C10H11Cl3/c1-2-8(11)6-7-4-3-5-9(12)10(7)13/h3-5,8H,2,6H2,1H3. The van der Waals surface area contributed by atoms with E-state index in [2.05, 4.69) is 6.92 Å². The van der Waals surface area contributed by atoms with Crippen LogP contribution in [0.15, 0.2) is 18.2 Å². The zero-order valence-electron chi connectivity index (χ0n) is 7.36. The first-order chi connectivity index (χ1) is 6.15. The van der Waals surface area contributed by atoms with E-state index in [1.807, 2.05) is 12.1 Å². The molecule has 0 saturated heterocycles. The van der Waals surface area contributed by atoms with Crippen molar-refractivity contribution < 1.29 is 0 Å². The second-order valence-electron chi connectivity index (χ2n) is 2.92. The highest BCUT2D eigenvalue weighted by atomic mass is 35.5. The van der Waals surface area contributed by atoms with E-state index >= 15 is 0 Å². The topological polar surface area (TPSA) is 0 Å². The lowest BCUT2D eigenvalue weighted by Crippen LogP contribution is -2.01. The van der Waals surface area contributed by atoms with Crippen LogP contribution in [-0.4, -0.2) is 5.38 Å². The molecule has 1 unspecified atom stereocenters. The van der Waals surface area contributed by atoms with Gasteiger partial charge < -0.3 is 0 Å². The summed E-state index contributed by atoms with van der Waals surface area (Å²) in [5, 5.41) is 1.36. The van der Waals surface area contributed by atoms with Gasteiger partial charge in [-0.3, -0.25) is 0 Å². The first-order valence-electron chi connectivity index (χ1n) is 4.22. The van der Waals surface area contributed by atoms with Gasteiger partial charge in [-0.2, -0.15) is 0 Å². The molecule has 72 valence electrons. The third kappa shape index (κ3) is 3.05. The maximum absolute atomic E-state index is 6.02. The maximum atomic E-state index is 6.02. The van der Waals surface area contributed by atoms with Crippen molar-refractivity contribution in [3.63, 3.8) is 0 Å². The highest BCUT2D eigenvalue weighted by Gasteiger charge is 2.08. The van der Waals surface area contributed by atoms with Gasteiger partial charge in [0, 0.05) is 5.38 Å². The van der Waals surface area contributed by atoms with Gasteiger partial charge in [0.25, 0.3) is 0 Å². The maximum Gasteiger partial charge on any atom is 0.0624 e. The molecule has 0 heterocycles. The molecule has 0 bridgehead atoms. The number of benzene rings is 1. The second-order valence-corrected chi connectivity index (χ2v) is 4.32. The number of rotatable bonds is 3. The van der Waals surface area contributed by atoms with Crippen LogP contribution in [0, 0.1) is 0 Å². The monoisotopic (exact) mass is 236 g/mol. The third-order valence-electron chi connectivity index (χ3n) is 1.92. The number of alkyl halides is 1. The molecule has 1 rings (SSSR count). The van der Waals surface area contributed by atoms with E-state index in [1.54, 1.807) is 6.07 Å². The molecule has 1 aromatic rings. The average Bonchev–Trinajstić information content (AvgIpc) is 2.13. The van der Waals surface area contributed by atoms with Crippen molar-refractivity contribution in [2.75, 3.05) is 0 Å². The molecule has 0 saturated carbocycles. The third-order valence-corrected chi connectivity index (χ3v) is 3.24. The fraction of sp³-hybridized carbons (Fsp3) is 0.400. The van der Waals surface area contributed by atoms with E-state index in [1.165, 1.54) is 0 Å². The lowest BCUT2D eigenvalue weighted by Gasteiger charge is -2.08. The Kier molecular flexibility index (Phi) is 4.37. The first-order valence-corrected chi connectivity index (χ1v) is 5.41. The summed E-state index contributed by atoms with van der Waals surface area (Å²) in [5.74, 6) is 0. The Balaban J connectivity index is 2.83. The van der Waals surface area contributed by atoms with Gasteiger partial charge >= 0.3 is 0 Å². The second kappa shape index (κ2) is 5.09. The lowest BCUT2D eigenvalue weighted by atomic mass is 10.1. The van der Waals surface area contributed by atoms with Crippen LogP contribution in [0.5, 0.6) is 0 Å². The molecule has 0 nitrogen and oxygen atoms in total. The SMILES string of the molecule is CCC(Cl)Cc1cccc(Cl)c1Cl. The predicted octanol–water partition coefficient (Wildman–Crippen LogP) is 4.55. The Morgan fingerprint density at radius 2 is 2.00 bits per heavy atom. The van der Waals surface area contributed by atoms with Crippen LogP contribution in [-0.2, 0) is 6.42 Å². The van der Waals surface area contributed by atoms with Gasteiger partial charge in [0.05, 0.1) is 10.0 Å². The quantitative estimate of drug-likeness (QED) is 0.677. The number of hydrogen-bond acceptors (Lipinski definition) is 0. The Hall–Kier alpha value is 0.0900. The molecule has 1 atom stereocenters. The van der Waals surface area contributed by atoms with Crippen molar-refractivity contribution in [3.8, 4) is 0 Å². The summed E-state index contributed by atoms with van der Waals surface area (Å²) in [6, 6.07) is 5.63. The van der Waals surface area contributed by atoms with Gasteiger partial charge in [-0.25, -0.2) is 0 Å². The average molecular weight is 238 g/mol. The minimum absolute atomic E-state index is 0.135. The van der Waals surface area contributed by atoms with Crippen LogP contribution < -0.4 is 0 Å². The van der Waals surface area contributed by atoms with E-state index in [-0.39, 0.29) is 5.38 Å². The van der Waals surface area contributed by atoms with Crippen molar-refractivity contribution in [1.29, 1.82) is 0 Å². The van der Waals surface area contributed by atoms with E-state index in [9.17, 15) is 0 Å². The molecular weight excluding hydrogens is 226 g/mol. The molecule has 0 aromatic heterocycles. The van der Waals surface area contributed by atoms with E-state index < -0.39 is 0 Å². The van der Waals surface area contributed by atoms with Crippen LogP contribution >= 0.6 is 34.8 Å². The fourth-order valence-corrected chi connectivity index (χ4v) is 1.65. The Morgan fingerprint density at radius 1 is 1.31 bits per heavy atom. The zero-order valence-corrected chi connectivity index (χ0v) is 9.63. The van der Waals surface area contributed by atoms with E-state index in [0.29, 0.717) is 10.0 Å². The highest BCUT2D eigenvalue weighted by Crippen LogP contribution is 2.27. The number of halogens is 3. The van der Waals surface area contributed by atoms with Gasteiger partial charge in [-0.15, -0.1) is 11.6 Å². The predicted molar refractivity (Wildman–Crippen MR) is 60.1 cm³/mol. The van der Waals surface area contributed by atoms with Gasteiger partial charge in [-0.1, -0.05) is 42.3 Å². The molecule has 13 heavy (non-hydrogen) atoms. The van der Waals surface area contributed by atoms with Gasteiger partial charge in [0.15, 0.2) is 0 Å². The summed E-state index contributed by atoms with van der Waals surface area (Å²) in [4.78, 5) is 0. The van der Waals surface area contributed by atoms with Crippen molar-refractivity contribution in [2.45, 2.75) is 25.1 Å². The van der Waals surface area contributed by atoms with Crippen molar-refractivity contribution >= 4 is 34.8 Å². The zero-order chi connectivity index (χ0) is 9.84. The molecule has 0 spiro atoms. The highest BCUT2D eigenvalue weighted by molar-refractivity contribution is 6.42. The summed E-state index contributed by atoms with van der Waals surface area (Å²) >= 11 is 17.9. The summed E-state index contributed by atoms with van der Waals surface area (Å²) in [6.07, 6.45) is 1.71. The van der Waals surface area contributed by atoms with Gasteiger partial charge in [0.2, 0.25) is 0 Å². The van der Waals surface area contributed by atoms with Crippen LogP contribution in [0.25, 0.3) is 0 Å². The van der Waals surface area contributed by atoms with Crippen molar-refractivity contribution in [3.05, 3.63) is 33.8 Å². The number of hydrogen-bond donors (Lipinski definition) is 0. The Morgan fingerprint density at radius 3 is 2.62 bits per heavy atom. The van der Waals surface area contributed by atoms with Crippen LogP contribution in [0.1, 0.15) is 18.9 Å². The molecule has 1 aromatic carbocycles. The lowest BCUT2D eigenvalue weighted by molar-refractivity contribution is 0.805. The largest absolute Gasteiger partial charge is 0.123 e. The van der Waals surface area contributed by atoms with Crippen LogP contribution in [0.4, 0.5) is 0 Å². The minimum atomic E-state index is 0.135. The Labute approximate surface area is 93.8 Å². The van der Waals surface area contributed by atoms with Gasteiger partial charge in [0.1, 0.15) is 0 Å². The fourth-order valence-electron chi connectivity index (χ4n) is 1.09. The first kappa shape index (κ1) is 11.2. The van der Waals surface area contributed by atoms with Crippen molar-refractivity contribution in [2.24, 2.45) is 0 Å². The van der Waals surface area contributed by atoms with Crippen molar-refractivity contribution in [1.82, 2.24) is 0 Å². The smallest absolute Gasteiger partial charge is 0.0624 e. The summed E-state index contributed by atoms with van der Waals surface area (Å²) in [5.41, 5.74) is 1.02. The molecule has 3 heteroatoms. The molecule has 0 amide bonds. The van der Waals surface area contributed by atoms with Gasteiger partial charge in [-0.05, 0) is 24.5 Å². The van der Waals surface area contributed by atoms with E-state index in [0.717, 1.165) is 18.4 Å². The summed E-state index contributed by atoms with van der Waals surface area (Å²) in [6.45, 7) is 2.05. The van der Waals surface area contributed by atoms with E-state index in [4.69, 9.17) is 34.8 Å².